The minimum atomic E-state index is 0. The summed E-state index contributed by atoms with van der Waals surface area (Å²) in [5, 5.41) is 0. The Hall–Kier alpha value is 1.57. The molecule has 0 aromatic carbocycles. The van der Waals surface area contributed by atoms with Crippen LogP contribution in [0.4, 0.5) is 0 Å². The van der Waals surface area contributed by atoms with Gasteiger partial charge in [-0.1, -0.05) is 0 Å². The third-order valence-electron chi connectivity index (χ3n) is 0. The van der Waals surface area contributed by atoms with E-state index < -0.39 is 0 Å². The van der Waals surface area contributed by atoms with Crippen LogP contribution in [0.1, 0.15) is 0 Å². The van der Waals surface area contributed by atoms with E-state index in [0.717, 1.165) is 0 Å². The van der Waals surface area contributed by atoms with Gasteiger partial charge in [0.25, 0.3) is 0 Å². The summed E-state index contributed by atoms with van der Waals surface area (Å²) in [7, 11) is 0. The summed E-state index contributed by atoms with van der Waals surface area (Å²) >= 11 is 0. The molecule has 0 aliphatic rings. The van der Waals surface area contributed by atoms with Gasteiger partial charge in [0, 0.05) is 50.1 Å². The van der Waals surface area contributed by atoms with Crippen molar-refractivity contribution in [3.8, 4) is 0 Å². The topological polar surface area (TPSA) is 0 Å². The molecule has 0 amide bonds. The van der Waals surface area contributed by atoms with Crippen LogP contribution in [0, 0.1) is 0 Å². The third kappa shape index (κ3) is 9.56. The first-order valence-electron chi connectivity index (χ1n) is 0. The van der Waals surface area contributed by atoms with Gasteiger partial charge in [0.05, 0.1) is 8.41 Å². The van der Waals surface area contributed by atoms with Crippen molar-refractivity contribution >= 4 is 8.41 Å². The molecule has 0 heterocycles. The van der Waals surface area contributed by atoms with Gasteiger partial charge in [-0.05, 0) is 0 Å². The zero-order chi connectivity index (χ0) is 0. The Labute approximate surface area is 58.4 Å². The summed E-state index contributed by atoms with van der Waals surface area (Å²) in [5.74, 6) is 0. The molecule has 0 aromatic heterocycles. The molecule has 0 aliphatic heterocycles. The van der Waals surface area contributed by atoms with Crippen molar-refractivity contribution in [1.82, 2.24) is 0 Å². The standard InChI is InChI=1S/BH3.Cu.2Ni/h1H3;;;. The Bertz CT molecular complexity index is 6.00. The molecule has 0 bridgehead atoms. The molecule has 0 N–H and O–H groups in total. The quantitative estimate of drug-likeness (QED) is 0.426. The second-order valence-electron chi connectivity index (χ2n) is 0. The van der Waals surface area contributed by atoms with Crippen LogP contribution in [0.15, 0.2) is 0 Å². The maximum Gasteiger partial charge on any atom is 0.0814 e. The van der Waals surface area contributed by atoms with E-state index in [1.165, 1.54) is 0 Å². The van der Waals surface area contributed by atoms with Crippen LogP contribution >= 0.6 is 0 Å². The van der Waals surface area contributed by atoms with Crippen molar-refractivity contribution in [2.24, 2.45) is 0 Å². The van der Waals surface area contributed by atoms with E-state index in [-0.39, 0.29) is 58.5 Å². The maximum atomic E-state index is 0. The molecule has 0 fully saturated rings. The Morgan fingerprint density at radius 2 is 0.750 bits per heavy atom. The van der Waals surface area contributed by atoms with Gasteiger partial charge in [-0.25, -0.2) is 0 Å². The SMILES string of the molecule is B.[Cu].[Ni].[Ni]. The predicted octanol–water partition coefficient (Wildman–Crippen LogP) is -1.19. The Balaban J connectivity index is 0. The van der Waals surface area contributed by atoms with Crippen LogP contribution in [0.5, 0.6) is 0 Å². The Morgan fingerprint density at radius 3 is 0.750 bits per heavy atom. The van der Waals surface area contributed by atoms with E-state index in [0.29, 0.717) is 0 Å². The van der Waals surface area contributed by atoms with Gasteiger partial charge < -0.3 is 0 Å². The van der Waals surface area contributed by atoms with Gasteiger partial charge in [-0.15, -0.1) is 0 Å². The molecule has 0 saturated heterocycles. The zero-order valence-electron chi connectivity index (χ0n) is 0.934. The molecule has 0 nitrogen and oxygen atoms in total. The van der Waals surface area contributed by atoms with Crippen molar-refractivity contribution in [2.75, 3.05) is 0 Å². The largest absolute Gasteiger partial charge is 0.0814 e. The van der Waals surface area contributed by atoms with E-state index in [9.17, 15) is 0 Å². The van der Waals surface area contributed by atoms with Gasteiger partial charge in [0.2, 0.25) is 0 Å². The average molecular weight is 195 g/mol. The van der Waals surface area contributed by atoms with Crippen molar-refractivity contribution < 1.29 is 50.1 Å². The first-order chi connectivity index (χ1) is 0. The van der Waals surface area contributed by atoms with Gasteiger partial charge in [0.1, 0.15) is 0 Å². The molecule has 0 rings (SSSR count). The van der Waals surface area contributed by atoms with E-state index in [1.54, 1.807) is 0 Å². The van der Waals surface area contributed by atoms with E-state index in [4.69, 9.17) is 0 Å². The minimum Gasteiger partial charge on any atom is 0 e. The van der Waals surface area contributed by atoms with Crippen LogP contribution in [0.3, 0.4) is 0 Å². The normalized spacial score (nSPS) is 0. The van der Waals surface area contributed by atoms with Crippen LogP contribution in [-0.2, 0) is 50.1 Å². The fourth-order valence-electron chi connectivity index (χ4n) is 0. The van der Waals surface area contributed by atoms with E-state index >= 15 is 0 Å². The molecule has 4 heavy (non-hydrogen) atoms. The summed E-state index contributed by atoms with van der Waals surface area (Å²) in [5.41, 5.74) is 0. The minimum absolute atomic E-state index is 0. The zero-order valence-corrected chi connectivity index (χ0v) is 3.85. The molecule has 0 atom stereocenters. The van der Waals surface area contributed by atoms with Crippen LogP contribution in [-0.4, -0.2) is 8.41 Å². The van der Waals surface area contributed by atoms with E-state index in [2.05, 4.69) is 0 Å². The number of hydrogen-bond donors (Lipinski definition) is 0. The Kier molecular flexibility index (Phi) is 278. The van der Waals surface area contributed by atoms with Crippen LogP contribution in [0.2, 0.25) is 0 Å². The molecule has 0 unspecified atom stereocenters. The van der Waals surface area contributed by atoms with Gasteiger partial charge in [-0.3, -0.25) is 0 Å². The van der Waals surface area contributed by atoms with Crippen molar-refractivity contribution in [3.05, 3.63) is 0 Å². The smallest absolute Gasteiger partial charge is 0 e. The maximum absolute atomic E-state index is 0. The van der Waals surface area contributed by atoms with Crippen LogP contribution in [0.25, 0.3) is 0 Å². The molecule has 0 saturated carbocycles. The fourth-order valence-corrected chi connectivity index (χ4v) is 0. The van der Waals surface area contributed by atoms with E-state index in [1.807, 2.05) is 0 Å². The van der Waals surface area contributed by atoms with Crippen LogP contribution < -0.4 is 0 Å². The molecule has 0 aliphatic carbocycles. The van der Waals surface area contributed by atoms with Gasteiger partial charge in [0.15, 0.2) is 0 Å². The van der Waals surface area contributed by atoms with Crippen molar-refractivity contribution in [1.29, 1.82) is 0 Å². The van der Waals surface area contributed by atoms with Crippen molar-refractivity contribution in [3.63, 3.8) is 0 Å². The Morgan fingerprint density at radius 1 is 0.750 bits per heavy atom. The predicted molar refractivity (Wildman–Crippen MR) is 9.94 cm³/mol. The van der Waals surface area contributed by atoms with Gasteiger partial charge >= 0.3 is 0 Å². The van der Waals surface area contributed by atoms with Gasteiger partial charge in [-0.2, -0.15) is 0 Å². The molecule has 4 heteroatoms. The summed E-state index contributed by atoms with van der Waals surface area (Å²) in [6.45, 7) is 0. The summed E-state index contributed by atoms with van der Waals surface area (Å²) in [6, 6.07) is 0. The fraction of sp³-hybridized carbons (Fsp3) is 0. The summed E-state index contributed by atoms with van der Waals surface area (Å²) in [6.07, 6.45) is 0. The molecular weight excluding hydrogens is 192 g/mol. The summed E-state index contributed by atoms with van der Waals surface area (Å²) < 4.78 is 0. The first kappa shape index (κ1) is 47.1. The number of hydrogen-bond acceptors (Lipinski definition) is 0. The second-order valence-corrected chi connectivity index (χ2v) is 0. The van der Waals surface area contributed by atoms with Crippen molar-refractivity contribution in [2.45, 2.75) is 0 Å². The molecule has 37 valence electrons. The molecule has 0 spiro atoms. The average Bonchev–Trinajstić information content (AvgIpc) is 0. The number of rotatable bonds is 0. The monoisotopic (exact) mass is 193 g/mol. The second kappa shape index (κ2) is 23.6. The third-order valence-corrected chi connectivity index (χ3v) is 0. The molecule has 1 radical (unpaired) electrons. The first-order valence-corrected chi connectivity index (χ1v) is 0. The summed E-state index contributed by atoms with van der Waals surface area (Å²) in [4.78, 5) is 0. The molecule has 0 aromatic rings. The molecular formula is H3BCuNi2.